The molecule has 14 nitrogen and oxygen atoms in total. The Bertz CT molecular complexity index is 1860. The number of carbonyl (C=O) groups excluding carboxylic acids is 4. The van der Waals surface area contributed by atoms with Gasteiger partial charge in [0.2, 0.25) is 12.7 Å². The number of fused-ring (bicyclic) bond motifs is 9. The maximum atomic E-state index is 13.3. The number of piperazine rings is 1. The second-order valence-corrected chi connectivity index (χ2v) is 13.7. The number of ether oxygens (including phenoxy) is 5. The minimum Gasteiger partial charge on any atom is -0.493 e. The van der Waals surface area contributed by atoms with Crippen LogP contribution in [0.25, 0.3) is 0 Å². The fourth-order valence-corrected chi connectivity index (χ4v) is 8.45. The van der Waals surface area contributed by atoms with Gasteiger partial charge in [-0.05, 0) is 58.2 Å². The molecule has 2 aromatic carbocycles. The van der Waals surface area contributed by atoms with Crippen molar-refractivity contribution in [3.05, 3.63) is 39.4 Å². The topological polar surface area (TPSA) is 169 Å². The predicted molar refractivity (Wildman–Crippen MR) is 183 cm³/mol. The number of aryl methyl sites for hydroxylation is 1. The van der Waals surface area contributed by atoms with Crippen LogP contribution >= 0.6 is 0 Å². The molecule has 2 aromatic rings. The molecular weight excluding hydrogens is 677 g/mol. The summed E-state index contributed by atoms with van der Waals surface area (Å²) in [5, 5.41) is 16.2. The molecule has 4 heterocycles. The van der Waals surface area contributed by atoms with Gasteiger partial charge in [-0.3, -0.25) is 29.0 Å². The first-order chi connectivity index (χ1) is 24.9. The maximum absolute atomic E-state index is 13.3. The number of nitriles is 1. The Kier molecular flexibility index (Phi) is 10.3. The number of nitrogens with one attached hydrogen (secondary N) is 2. The Morgan fingerprint density at radius 2 is 1.81 bits per heavy atom. The van der Waals surface area contributed by atoms with E-state index in [1.165, 1.54) is 21.0 Å². The smallest absolute Gasteiger partial charge is 0.311 e. The van der Waals surface area contributed by atoms with Crippen LogP contribution in [0.2, 0.25) is 0 Å². The molecule has 2 unspecified atom stereocenters. The zero-order chi connectivity index (χ0) is 37.6. The summed E-state index contributed by atoms with van der Waals surface area (Å²) >= 11 is 0. The maximum Gasteiger partial charge on any atom is 0.311 e. The lowest BCUT2D eigenvalue weighted by Crippen LogP contribution is -2.69. The highest BCUT2D eigenvalue weighted by molar-refractivity contribution is 5.87. The second kappa shape index (κ2) is 14.6. The van der Waals surface area contributed by atoms with Crippen LogP contribution in [-0.4, -0.2) is 91.9 Å². The van der Waals surface area contributed by atoms with Crippen LogP contribution in [0.1, 0.15) is 79.1 Å². The second-order valence-electron chi connectivity index (χ2n) is 13.7. The van der Waals surface area contributed by atoms with Gasteiger partial charge in [-0.25, -0.2) is 4.39 Å². The molecule has 2 amide bonds. The largest absolute Gasteiger partial charge is 0.493 e. The summed E-state index contributed by atoms with van der Waals surface area (Å²) in [5.74, 6) is -0.541. The van der Waals surface area contributed by atoms with Gasteiger partial charge in [0.25, 0.3) is 5.91 Å². The molecule has 4 aliphatic heterocycles. The molecule has 2 N–H and O–H groups in total. The van der Waals surface area contributed by atoms with Gasteiger partial charge in [0.05, 0.1) is 25.3 Å². The number of halogens is 1. The van der Waals surface area contributed by atoms with Crippen molar-refractivity contribution in [3.8, 4) is 34.8 Å². The molecule has 6 rings (SSSR count). The molecule has 52 heavy (non-hydrogen) atoms. The van der Waals surface area contributed by atoms with Crippen molar-refractivity contribution in [1.29, 1.82) is 5.26 Å². The summed E-state index contributed by atoms with van der Waals surface area (Å²) in [4.78, 5) is 55.0. The first kappa shape index (κ1) is 36.8. The van der Waals surface area contributed by atoms with Crippen LogP contribution in [0.15, 0.2) is 6.07 Å². The van der Waals surface area contributed by atoms with Crippen LogP contribution in [0.4, 0.5) is 4.39 Å². The molecule has 278 valence electrons. The number of hydrogen-bond donors (Lipinski definition) is 2. The molecule has 4 aliphatic rings. The van der Waals surface area contributed by atoms with E-state index in [9.17, 15) is 28.8 Å². The van der Waals surface area contributed by atoms with Crippen molar-refractivity contribution in [2.75, 3.05) is 34.2 Å². The lowest BCUT2D eigenvalue weighted by atomic mass is 9.71. The zero-order valence-electron chi connectivity index (χ0n) is 30.4. The number of methoxy groups -OCH3 is 1. The lowest BCUT2D eigenvalue weighted by Gasteiger charge is -2.60. The van der Waals surface area contributed by atoms with Gasteiger partial charge in [-0.2, -0.15) is 5.26 Å². The molecule has 0 saturated carbocycles. The van der Waals surface area contributed by atoms with Crippen LogP contribution in [0.5, 0.6) is 28.7 Å². The van der Waals surface area contributed by atoms with Gasteiger partial charge < -0.3 is 34.3 Å². The van der Waals surface area contributed by atoms with Gasteiger partial charge in [-0.15, -0.1) is 0 Å². The first-order valence-electron chi connectivity index (χ1n) is 17.4. The molecule has 6 atom stereocenters. The summed E-state index contributed by atoms with van der Waals surface area (Å²) in [7, 11) is 3.48. The molecular formula is C37H44FN5O9. The lowest BCUT2D eigenvalue weighted by molar-refractivity contribution is -0.135. The number of carbonyl (C=O) groups is 4. The monoisotopic (exact) mass is 721 g/mol. The summed E-state index contributed by atoms with van der Waals surface area (Å²) < 4.78 is 42.8. The minimum atomic E-state index is -1.27. The third-order valence-electron chi connectivity index (χ3n) is 10.5. The Morgan fingerprint density at radius 1 is 1.08 bits per heavy atom. The van der Waals surface area contributed by atoms with E-state index < -0.39 is 60.6 Å². The first-order valence-corrected chi connectivity index (χ1v) is 17.4. The van der Waals surface area contributed by atoms with E-state index in [4.69, 9.17) is 23.7 Å². The molecule has 0 radical (unpaired) electrons. The molecule has 0 spiro atoms. The number of hydrogen-bond acceptors (Lipinski definition) is 12. The molecule has 1 fully saturated rings. The van der Waals surface area contributed by atoms with E-state index in [0.29, 0.717) is 58.3 Å². The summed E-state index contributed by atoms with van der Waals surface area (Å²) in [6.45, 7) is 6.91. The van der Waals surface area contributed by atoms with Gasteiger partial charge in [0.1, 0.15) is 17.8 Å². The Balaban J connectivity index is 1.57. The van der Waals surface area contributed by atoms with Gasteiger partial charge in [0, 0.05) is 54.2 Å². The van der Waals surface area contributed by atoms with Gasteiger partial charge in [-0.1, -0.05) is 13.0 Å². The molecule has 0 aliphatic carbocycles. The number of amides is 2. The number of esters is 2. The van der Waals surface area contributed by atoms with Crippen molar-refractivity contribution < 1.29 is 47.3 Å². The Hall–Kier alpha value is -4.94. The Morgan fingerprint density at radius 3 is 2.46 bits per heavy atom. The fraction of sp³-hybridized carbons (Fsp3) is 0.541. The number of rotatable bonds is 10. The molecule has 0 aromatic heterocycles. The predicted octanol–water partition coefficient (Wildman–Crippen LogP) is 3.03. The van der Waals surface area contributed by atoms with E-state index in [2.05, 4.69) is 26.5 Å². The average molecular weight is 722 g/mol. The van der Waals surface area contributed by atoms with Crippen molar-refractivity contribution >= 4 is 23.8 Å². The third-order valence-corrected chi connectivity index (χ3v) is 10.5. The summed E-state index contributed by atoms with van der Waals surface area (Å²) in [6.07, 6.45) is 1.53. The number of benzene rings is 2. The SMILES string of the molecule is CCCC(=O)Oc1c(OC)c(C)cc2c1C1[C@@H]3Cc4c(OC(C)=O)c(C)c5c(c4[C@H](CNC(=O)[C@H](C)NC(=O)CF)N3[C@@H](C#N)C(C2)N1C)OCO5. The highest BCUT2D eigenvalue weighted by atomic mass is 19.1. The summed E-state index contributed by atoms with van der Waals surface area (Å²) in [6, 6.07) is 0.826. The van der Waals surface area contributed by atoms with Gasteiger partial charge in [0.15, 0.2) is 29.7 Å². The number of alkyl halides is 1. The van der Waals surface area contributed by atoms with E-state index >= 15 is 0 Å². The quantitative estimate of drug-likeness (QED) is 0.272. The van der Waals surface area contributed by atoms with Crippen molar-refractivity contribution in [2.45, 2.75) is 96.6 Å². The van der Waals surface area contributed by atoms with Crippen LogP contribution in [-0.2, 0) is 32.0 Å². The fourth-order valence-electron chi connectivity index (χ4n) is 8.45. The highest BCUT2D eigenvalue weighted by Gasteiger charge is 2.57. The molecule has 2 bridgehead atoms. The summed E-state index contributed by atoms with van der Waals surface area (Å²) in [5.41, 5.74) is 4.30. The van der Waals surface area contributed by atoms with Crippen molar-refractivity contribution in [1.82, 2.24) is 20.4 Å². The van der Waals surface area contributed by atoms with Crippen molar-refractivity contribution in [3.63, 3.8) is 0 Å². The van der Waals surface area contributed by atoms with E-state index in [1.54, 1.807) is 6.92 Å². The number of likely N-dealkylation sites (N-methyl/N-ethyl adjacent to an activating group) is 1. The highest BCUT2D eigenvalue weighted by Crippen LogP contribution is 2.58. The van der Waals surface area contributed by atoms with Crippen LogP contribution < -0.4 is 34.3 Å². The van der Waals surface area contributed by atoms with Crippen molar-refractivity contribution in [2.24, 2.45) is 0 Å². The standard InChI is InChI=1S/C37H44FN5O9/c1-8-9-28(46)52-36-29-21(10-17(2)32(36)48-7)11-23-25(14-39)43-24(31(29)42(23)6)12-22-30(26(43)15-40-37(47)19(4)41-27(45)13-38)35-34(49-16-50-35)18(3)33(22)51-20(5)44/h10,19,23-26,31H,8-9,11-13,15-16H2,1-7H3,(H,40,47)(H,41,45)/t19-,23?,24-,25-,26-,31?/m0/s1. The van der Waals surface area contributed by atoms with E-state index in [-0.39, 0.29) is 32.2 Å². The van der Waals surface area contributed by atoms with E-state index in [1.807, 2.05) is 27.0 Å². The van der Waals surface area contributed by atoms with Gasteiger partial charge >= 0.3 is 11.9 Å². The van der Waals surface area contributed by atoms with Crippen LogP contribution in [0.3, 0.4) is 0 Å². The average Bonchev–Trinajstić information content (AvgIpc) is 3.59. The molecule has 1 saturated heterocycles. The van der Waals surface area contributed by atoms with E-state index in [0.717, 1.165) is 16.7 Å². The normalized spacial score (nSPS) is 23.2. The number of nitrogens with zero attached hydrogens (tertiary/aromatic N) is 3. The zero-order valence-corrected chi connectivity index (χ0v) is 30.4. The minimum absolute atomic E-state index is 0.0553. The Labute approximate surface area is 301 Å². The third kappa shape index (κ3) is 6.17. The van der Waals surface area contributed by atoms with Crippen LogP contribution in [0, 0.1) is 25.2 Å². The molecule has 15 heteroatoms.